The topological polar surface area (TPSA) is 80.7 Å². The van der Waals surface area contributed by atoms with Gasteiger partial charge in [-0.1, -0.05) is 34.8 Å². The summed E-state index contributed by atoms with van der Waals surface area (Å²) in [6.07, 6.45) is 3.75. The van der Waals surface area contributed by atoms with Crippen LogP contribution in [0.1, 0.15) is 10.5 Å². The molecule has 0 spiro atoms. The lowest BCUT2D eigenvalue weighted by Gasteiger charge is -2.06. The van der Waals surface area contributed by atoms with Crippen molar-refractivity contribution < 1.29 is 4.79 Å². The zero-order chi connectivity index (χ0) is 13.1. The molecule has 0 atom stereocenters. The molecule has 18 heavy (non-hydrogen) atoms. The second-order valence-corrected chi connectivity index (χ2v) is 4.11. The van der Waals surface area contributed by atoms with E-state index in [1.807, 2.05) is 0 Å². The fourth-order valence-electron chi connectivity index (χ4n) is 1.08. The first-order valence-corrected chi connectivity index (χ1v) is 5.66. The van der Waals surface area contributed by atoms with Crippen molar-refractivity contribution in [2.45, 2.75) is 0 Å². The van der Waals surface area contributed by atoms with E-state index in [1.165, 1.54) is 18.7 Å². The van der Waals surface area contributed by atoms with E-state index in [-0.39, 0.29) is 26.8 Å². The number of hydrogen-bond acceptors (Lipinski definition) is 5. The maximum Gasteiger partial charge on any atom is 0.276 e. The molecule has 0 aliphatic heterocycles. The average molecular weight is 305 g/mol. The maximum absolute atomic E-state index is 11.8. The second kappa shape index (κ2) is 5.43. The lowest BCUT2D eigenvalue weighted by atomic mass is 10.4. The van der Waals surface area contributed by atoms with Crippen LogP contribution in [0.5, 0.6) is 0 Å². The standard InChI is InChI=1S/C9H4Cl3N5O/c10-5-2-13-1-4(16-5)9(18)17-6-7(11)14-3-15-8(6)12/h1-3H,(H,17,18). The molecule has 0 aromatic carbocycles. The van der Waals surface area contributed by atoms with E-state index in [0.717, 1.165) is 0 Å². The van der Waals surface area contributed by atoms with Crippen molar-refractivity contribution in [2.75, 3.05) is 5.32 Å². The van der Waals surface area contributed by atoms with Crippen LogP contribution in [0, 0.1) is 0 Å². The summed E-state index contributed by atoms with van der Waals surface area (Å²) in [6.45, 7) is 0. The van der Waals surface area contributed by atoms with E-state index in [2.05, 4.69) is 25.3 Å². The lowest BCUT2D eigenvalue weighted by molar-refractivity contribution is 0.102. The molecule has 1 N–H and O–H groups in total. The molecule has 2 aromatic heterocycles. The summed E-state index contributed by atoms with van der Waals surface area (Å²) in [5.74, 6) is -0.566. The van der Waals surface area contributed by atoms with E-state index in [4.69, 9.17) is 34.8 Å². The first kappa shape index (κ1) is 12.9. The first-order chi connectivity index (χ1) is 8.58. The van der Waals surface area contributed by atoms with E-state index in [9.17, 15) is 4.79 Å². The molecule has 0 unspecified atom stereocenters. The van der Waals surface area contributed by atoms with Crippen LogP contribution in [0.3, 0.4) is 0 Å². The van der Waals surface area contributed by atoms with Crippen LogP contribution in [0.15, 0.2) is 18.7 Å². The average Bonchev–Trinajstić information content (AvgIpc) is 2.34. The smallest absolute Gasteiger partial charge is 0.276 e. The third-order valence-corrected chi connectivity index (χ3v) is 2.59. The second-order valence-electron chi connectivity index (χ2n) is 3.01. The van der Waals surface area contributed by atoms with Crippen LogP contribution in [0.2, 0.25) is 15.5 Å². The van der Waals surface area contributed by atoms with Gasteiger partial charge in [0.25, 0.3) is 5.91 Å². The number of anilines is 1. The van der Waals surface area contributed by atoms with Gasteiger partial charge in [0.05, 0.1) is 12.4 Å². The van der Waals surface area contributed by atoms with Gasteiger partial charge in [0.15, 0.2) is 10.3 Å². The molecule has 9 heteroatoms. The highest BCUT2D eigenvalue weighted by Gasteiger charge is 2.14. The number of carbonyl (C=O) groups excluding carboxylic acids is 1. The Morgan fingerprint density at radius 1 is 1.11 bits per heavy atom. The Bertz CT molecular complexity index is 586. The van der Waals surface area contributed by atoms with Gasteiger partial charge in [-0.15, -0.1) is 0 Å². The molecule has 2 heterocycles. The Hall–Kier alpha value is -1.50. The Labute approximate surface area is 116 Å². The van der Waals surface area contributed by atoms with Gasteiger partial charge in [0.1, 0.15) is 22.9 Å². The molecule has 0 aliphatic rings. The Kier molecular flexibility index (Phi) is 3.90. The highest BCUT2D eigenvalue weighted by molar-refractivity contribution is 6.38. The van der Waals surface area contributed by atoms with Crippen molar-refractivity contribution in [3.05, 3.63) is 39.9 Å². The number of nitrogens with one attached hydrogen (secondary N) is 1. The fourth-order valence-corrected chi connectivity index (χ4v) is 1.63. The summed E-state index contributed by atoms with van der Waals surface area (Å²) < 4.78 is 0. The molecule has 1 amide bonds. The molecule has 2 aromatic rings. The summed E-state index contributed by atoms with van der Waals surface area (Å²) in [6, 6.07) is 0. The highest BCUT2D eigenvalue weighted by Crippen LogP contribution is 2.25. The normalized spacial score (nSPS) is 10.2. The zero-order valence-electron chi connectivity index (χ0n) is 8.56. The third kappa shape index (κ3) is 2.84. The Balaban J connectivity index is 2.27. The number of aromatic nitrogens is 4. The minimum Gasteiger partial charge on any atom is -0.315 e. The maximum atomic E-state index is 11.8. The van der Waals surface area contributed by atoms with Gasteiger partial charge in [0, 0.05) is 0 Å². The quantitative estimate of drug-likeness (QED) is 0.862. The van der Waals surface area contributed by atoms with E-state index in [0.29, 0.717) is 0 Å². The largest absolute Gasteiger partial charge is 0.315 e. The van der Waals surface area contributed by atoms with Gasteiger partial charge >= 0.3 is 0 Å². The van der Waals surface area contributed by atoms with Crippen LogP contribution in [0.4, 0.5) is 5.69 Å². The summed E-state index contributed by atoms with van der Waals surface area (Å²) in [7, 11) is 0. The molecular weight excluding hydrogens is 300 g/mol. The number of carbonyl (C=O) groups is 1. The van der Waals surface area contributed by atoms with Gasteiger partial charge in [-0.2, -0.15) is 0 Å². The number of nitrogens with zero attached hydrogens (tertiary/aromatic N) is 4. The van der Waals surface area contributed by atoms with Crippen molar-refractivity contribution >= 4 is 46.4 Å². The van der Waals surface area contributed by atoms with E-state index >= 15 is 0 Å². The summed E-state index contributed by atoms with van der Waals surface area (Å²) in [5, 5.41) is 2.59. The molecule has 0 fully saturated rings. The van der Waals surface area contributed by atoms with Crippen LogP contribution in [0.25, 0.3) is 0 Å². The third-order valence-electron chi connectivity index (χ3n) is 1.83. The van der Waals surface area contributed by atoms with Gasteiger partial charge < -0.3 is 5.32 Å². The number of halogens is 3. The predicted molar refractivity (Wildman–Crippen MR) is 67.0 cm³/mol. The number of amides is 1. The molecule has 0 radical (unpaired) electrons. The fraction of sp³-hybridized carbons (Fsp3) is 0. The van der Waals surface area contributed by atoms with Gasteiger partial charge in [-0.25, -0.2) is 15.0 Å². The molecule has 0 saturated heterocycles. The van der Waals surface area contributed by atoms with Crippen molar-refractivity contribution in [1.29, 1.82) is 0 Å². The van der Waals surface area contributed by atoms with Gasteiger partial charge in [-0.05, 0) is 0 Å². The van der Waals surface area contributed by atoms with Crippen LogP contribution < -0.4 is 5.32 Å². The molecule has 0 saturated carbocycles. The Morgan fingerprint density at radius 2 is 1.78 bits per heavy atom. The highest BCUT2D eigenvalue weighted by atomic mass is 35.5. The molecule has 0 bridgehead atoms. The predicted octanol–water partition coefficient (Wildman–Crippen LogP) is 2.48. The molecule has 6 nitrogen and oxygen atoms in total. The monoisotopic (exact) mass is 303 g/mol. The van der Waals surface area contributed by atoms with Crippen molar-refractivity contribution in [3.8, 4) is 0 Å². The number of rotatable bonds is 2. The minimum absolute atomic E-state index is 0.0262. The molecule has 2 rings (SSSR count). The van der Waals surface area contributed by atoms with Gasteiger partial charge in [0.2, 0.25) is 0 Å². The van der Waals surface area contributed by atoms with E-state index in [1.54, 1.807) is 0 Å². The molecular formula is C9H4Cl3N5O. The van der Waals surface area contributed by atoms with Crippen molar-refractivity contribution in [1.82, 2.24) is 19.9 Å². The molecule has 92 valence electrons. The SMILES string of the molecule is O=C(Nc1c(Cl)ncnc1Cl)c1cncc(Cl)n1. The Morgan fingerprint density at radius 3 is 2.39 bits per heavy atom. The van der Waals surface area contributed by atoms with Gasteiger partial charge in [-0.3, -0.25) is 9.78 Å². The summed E-state index contributed by atoms with van der Waals surface area (Å²) >= 11 is 17.2. The lowest BCUT2D eigenvalue weighted by Crippen LogP contribution is -2.15. The first-order valence-electron chi connectivity index (χ1n) is 4.53. The zero-order valence-corrected chi connectivity index (χ0v) is 10.8. The van der Waals surface area contributed by atoms with Crippen LogP contribution in [-0.2, 0) is 0 Å². The van der Waals surface area contributed by atoms with E-state index < -0.39 is 5.91 Å². The summed E-state index contributed by atoms with van der Waals surface area (Å²) in [5.41, 5.74) is 0.131. The molecule has 0 aliphatic carbocycles. The number of hydrogen-bond donors (Lipinski definition) is 1. The summed E-state index contributed by atoms with van der Waals surface area (Å²) in [4.78, 5) is 26.8. The minimum atomic E-state index is -0.566. The van der Waals surface area contributed by atoms with Crippen LogP contribution in [-0.4, -0.2) is 25.8 Å². The van der Waals surface area contributed by atoms with Crippen LogP contribution >= 0.6 is 34.8 Å². The van der Waals surface area contributed by atoms with Crippen molar-refractivity contribution in [3.63, 3.8) is 0 Å². The van der Waals surface area contributed by atoms with Crippen molar-refractivity contribution in [2.24, 2.45) is 0 Å².